The van der Waals surface area contributed by atoms with Gasteiger partial charge in [-0.15, -0.1) is 0 Å². The summed E-state index contributed by atoms with van der Waals surface area (Å²) in [5, 5.41) is 4.15. The fourth-order valence-electron chi connectivity index (χ4n) is 3.77. The minimum Gasteiger partial charge on any atom is -0.493 e. The topological polar surface area (TPSA) is 73.6 Å². The largest absolute Gasteiger partial charge is 0.493 e. The molecule has 3 aromatic rings. The average molecular weight is 380 g/mol. The Labute approximate surface area is 163 Å². The molecular formula is C22H24N2O4. The summed E-state index contributed by atoms with van der Waals surface area (Å²) in [6, 6.07) is 5.20. The zero-order valence-corrected chi connectivity index (χ0v) is 16.4. The molecule has 0 aliphatic heterocycles. The zero-order valence-electron chi connectivity index (χ0n) is 16.4. The van der Waals surface area contributed by atoms with E-state index in [9.17, 15) is 4.79 Å². The molecule has 0 atom stereocenters. The lowest BCUT2D eigenvalue weighted by atomic mass is 10.1. The second-order valence-corrected chi connectivity index (χ2v) is 7.25. The van der Waals surface area contributed by atoms with Gasteiger partial charge in [0.2, 0.25) is 5.75 Å². The van der Waals surface area contributed by atoms with Gasteiger partial charge >= 0.3 is 5.63 Å². The van der Waals surface area contributed by atoms with Gasteiger partial charge in [0.15, 0.2) is 11.3 Å². The molecule has 1 fully saturated rings. The number of aromatic nitrogens is 1. The molecule has 6 nitrogen and oxygen atoms in total. The van der Waals surface area contributed by atoms with E-state index in [0.29, 0.717) is 22.8 Å². The molecule has 0 amide bonds. The Morgan fingerprint density at radius 2 is 1.86 bits per heavy atom. The predicted octanol–water partition coefficient (Wildman–Crippen LogP) is 4.88. The van der Waals surface area contributed by atoms with Crippen molar-refractivity contribution in [2.45, 2.75) is 45.6 Å². The normalized spacial score (nSPS) is 14.4. The van der Waals surface area contributed by atoms with Crippen molar-refractivity contribution in [3.63, 3.8) is 0 Å². The molecule has 1 saturated carbocycles. The first-order valence-corrected chi connectivity index (χ1v) is 9.56. The summed E-state index contributed by atoms with van der Waals surface area (Å²) >= 11 is 0. The van der Waals surface area contributed by atoms with Crippen molar-refractivity contribution in [2.24, 2.45) is 0 Å². The van der Waals surface area contributed by atoms with Crippen LogP contribution in [0.4, 0.5) is 11.4 Å². The fourth-order valence-corrected chi connectivity index (χ4v) is 3.77. The van der Waals surface area contributed by atoms with E-state index >= 15 is 0 Å². The molecule has 2 heterocycles. The molecule has 0 unspecified atom stereocenters. The average Bonchev–Trinajstić information content (AvgIpc) is 3.18. The Kier molecular flexibility index (Phi) is 4.94. The van der Waals surface area contributed by atoms with Crippen molar-refractivity contribution in [1.82, 2.24) is 4.98 Å². The van der Waals surface area contributed by atoms with Crippen LogP contribution in [-0.2, 0) is 0 Å². The molecule has 28 heavy (non-hydrogen) atoms. The van der Waals surface area contributed by atoms with Crippen LogP contribution in [0.2, 0.25) is 0 Å². The Bertz CT molecular complexity index is 1050. The van der Waals surface area contributed by atoms with Gasteiger partial charge in [0, 0.05) is 29.5 Å². The molecule has 0 radical (unpaired) electrons. The molecule has 1 aliphatic carbocycles. The third-order valence-electron chi connectivity index (χ3n) is 5.22. The molecular weight excluding hydrogens is 356 g/mol. The van der Waals surface area contributed by atoms with Gasteiger partial charge in [-0.05, 0) is 62.8 Å². The van der Waals surface area contributed by atoms with Gasteiger partial charge in [-0.1, -0.05) is 0 Å². The number of anilines is 2. The Balaban J connectivity index is 1.85. The Morgan fingerprint density at radius 1 is 1.14 bits per heavy atom. The fraction of sp³-hybridized carbons (Fsp3) is 0.364. The Hall–Kier alpha value is -3.02. The van der Waals surface area contributed by atoms with Crippen molar-refractivity contribution < 1.29 is 13.9 Å². The lowest BCUT2D eigenvalue weighted by Crippen LogP contribution is -2.12. The molecule has 1 aliphatic rings. The quantitative estimate of drug-likeness (QED) is 0.636. The van der Waals surface area contributed by atoms with Crippen molar-refractivity contribution in [2.75, 3.05) is 12.4 Å². The van der Waals surface area contributed by atoms with Gasteiger partial charge in [0.05, 0.1) is 18.9 Å². The minimum atomic E-state index is -0.441. The van der Waals surface area contributed by atoms with E-state index in [1.165, 1.54) is 6.07 Å². The number of methoxy groups -OCH3 is 1. The van der Waals surface area contributed by atoms with Crippen LogP contribution in [0.15, 0.2) is 39.8 Å². The Morgan fingerprint density at radius 3 is 2.54 bits per heavy atom. The summed E-state index contributed by atoms with van der Waals surface area (Å²) in [6.07, 6.45) is 7.99. The van der Waals surface area contributed by atoms with Gasteiger partial charge in [0.25, 0.3) is 0 Å². The number of hydrogen-bond acceptors (Lipinski definition) is 6. The molecule has 1 aromatic carbocycles. The highest BCUT2D eigenvalue weighted by Crippen LogP contribution is 2.40. The van der Waals surface area contributed by atoms with E-state index in [0.717, 1.165) is 47.9 Å². The number of pyridine rings is 1. The minimum absolute atomic E-state index is 0.117. The number of ether oxygens (including phenoxy) is 2. The highest BCUT2D eigenvalue weighted by Gasteiger charge is 2.22. The van der Waals surface area contributed by atoms with E-state index in [-0.39, 0.29) is 6.10 Å². The van der Waals surface area contributed by atoms with E-state index < -0.39 is 5.63 Å². The number of hydrogen-bond donors (Lipinski definition) is 1. The number of nitrogens with one attached hydrogen (secondary N) is 1. The van der Waals surface area contributed by atoms with Gasteiger partial charge in [0.1, 0.15) is 0 Å². The van der Waals surface area contributed by atoms with E-state index in [4.69, 9.17) is 13.9 Å². The monoisotopic (exact) mass is 380 g/mol. The van der Waals surface area contributed by atoms with Crippen LogP contribution in [0.3, 0.4) is 0 Å². The van der Waals surface area contributed by atoms with Gasteiger partial charge in [-0.3, -0.25) is 4.98 Å². The van der Waals surface area contributed by atoms with Crippen LogP contribution in [0.5, 0.6) is 11.5 Å². The maximum Gasteiger partial charge on any atom is 0.338 e. The van der Waals surface area contributed by atoms with E-state index in [1.54, 1.807) is 19.5 Å². The molecule has 0 bridgehead atoms. The highest BCUT2D eigenvalue weighted by atomic mass is 16.5. The predicted molar refractivity (Wildman–Crippen MR) is 109 cm³/mol. The second kappa shape index (κ2) is 7.54. The zero-order chi connectivity index (χ0) is 19.7. The second-order valence-electron chi connectivity index (χ2n) is 7.25. The third-order valence-corrected chi connectivity index (χ3v) is 5.22. The first-order valence-electron chi connectivity index (χ1n) is 9.56. The summed E-state index contributed by atoms with van der Waals surface area (Å²) in [4.78, 5) is 16.5. The molecule has 6 heteroatoms. The van der Waals surface area contributed by atoms with Crippen LogP contribution in [0.25, 0.3) is 11.0 Å². The van der Waals surface area contributed by atoms with Crippen LogP contribution < -0.4 is 20.4 Å². The van der Waals surface area contributed by atoms with Crippen LogP contribution in [0, 0.1) is 13.8 Å². The number of nitrogens with zero attached hydrogens (tertiary/aromatic N) is 1. The van der Waals surface area contributed by atoms with Crippen LogP contribution in [0.1, 0.15) is 36.8 Å². The van der Waals surface area contributed by atoms with Crippen molar-refractivity contribution in [3.8, 4) is 11.5 Å². The molecule has 4 rings (SSSR count). The highest BCUT2D eigenvalue weighted by molar-refractivity contribution is 5.96. The maximum atomic E-state index is 12.3. The summed E-state index contributed by atoms with van der Waals surface area (Å²) < 4.78 is 17.3. The summed E-state index contributed by atoms with van der Waals surface area (Å²) in [5.41, 5.74) is 3.56. The maximum absolute atomic E-state index is 12.3. The van der Waals surface area contributed by atoms with Gasteiger partial charge in [-0.25, -0.2) is 4.79 Å². The summed E-state index contributed by atoms with van der Waals surface area (Å²) in [7, 11) is 1.59. The SMILES string of the molecule is COc1ccc2c(Nc3c(C)cncc3C)cc(=O)oc2c1OC1CCCC1. The van der Waals surface area contributed by atoms with Crippen molar-refractivity contribution in [1.29, 1.82) is 0 Å². The number of benzene rings is 1. The smallest absolute Gasteiger partial charge is 0.338 e. The van der Waals surface area contributed by atoms with Crippen molar-refractivity contribution >= 4 is 22.3 Å². The van der Waals surface area contributed by atoms with Gasteiger partial charge < -0.3 is 19.2 Å². The number of rotatable bonds is 5. The summed E-state index contributed by atoms with van der Waals surface area (Å²) in [6.45, 7) is 3.96. The van der Waals surface area contributed by atoms with E-state index in [2.05, 4.69) is 10.3 Å². The first-order chi connectivity index (χ1) is 13.6. The lowest BCUT2D eigenvalue weighted by Gasteiger charge is -2.18. The number of aryl methyl sites for hydroxylation is 2. The standard InChI is InChI=1S/C22H24N2O4/c1-13-11-23-12-14(2)20(13)24-17-10-19(25)28-21-16(17)8-9-18(26-3)22(21)27-15-6-4-5-7-15/h8-12,15H,4-7H2,1-3H3,(H,23,24). The molecule has 0 spiro atoms. The lowest BCUT2D eigenvalue weighted by molar-refractivity contribution is 0.200. The molecule has 146 valence electrons. The molecule has 1 N–H and O–H groups in total. The van der Waals surface area contributed by atoms with E-state index in [1.807, 2.05) is 26.0 Å². The third kappa shape index (κ3) is 3.42. The van der Waals surface area contributed by atoms with Gasteiger partial charge in [-0.2, -0.15) is 0 Å². The molecule has 2 aromatic heterocycles. The number of fused-ring (bicyclic) bond motifs is 1. The summed E-state index contributed by atoms with van der Waals surface area (Å²) in [5.74, 6) is 1.06. The van der Waals surface area contributed by atoms with Crippen molar-refractivity contribution in [3.05, 3.63) is 52.1 Å². The molecule has 0 saturated heterocycles. The first kappa shape index (κ1) is 18.3. The van der Waals surface area contributed by atoms with Crippen LogP contribution in [-0.4, -0.2) is 18.2 Å². The van der Waals surface area contributed by atoms with Crippen LogP contribution >= 0.6 is 0 Å².